The van der Waals surface area contributed by atoms with Gasteiger partial charge in [0.1, 0.15) is 0 Å². The van der Waals surface area contributed by atoms with Crippen LogP contribution in [0.2, 0.25) is 0 Å². The number of rotatable bonds is 8. The minimum Gasteiger partial charge on any atom is -0.393 e. The smallest absolute Gasteiger partial charge is 0.321 e. The second kappa shape index (κ2) is 8.15. The highest BCUT2D eigenvalue weighted by Gasteiger charge is 2.21. The molecule has 1 saturated carbocycles. The number of hydrogen-bond acceptors (Lipinski definition) is 3. The zero-order chi connectivity index (χ0) is 15.9. The SMILES string of the molecule is CC(O)CCN(C)C(=O)Nc1cccc(COCC2CC2)c1. The molecule has 122 valence electrons. The molecule has 1 aliphatic carbocycles. The van der Waals surface area contributed by atoms with E-state index in [1.54, 1.807) is 18.9 Å². The van der Waals surface area contributed by atoms with Crippen LogP contribution in [0.5, 0.6) is 0 Å². The van der Waals surface area contributed by atoms with Crippen molar-refractivity contribution < 1.29 is 14.6 Å². The summed E-state index contributed by atoms with van der Waals surface area (Å²) in [6, 6.07) is 7.55. The first kappa shape index (κ1) is 16.8. The number of anilines is 1. The van der Waals surface area contributed by atoms with Crippen molar-refractivity contribution in [1.29, 1.82) is 0 Å². The van der Waals surface area contributed by atoms with Crippen molar-refractivity contribution in [3.8, 4) is 0 Å². The van der Waals surface area contributed by atoms with Crippen LogP contribution in [-0.4, -0.2) is 42.3 Å². The summed E-state index contributed by atoms with van der Waals surface area (Å²) in [6.45, 7) is 3.65. The van der Waals surface area contributed by atoms with E-state index in [1.807, 2.05) is 24.3 Å². The van der Waals surface area contributed by atoms with Crippen LogP contribution in [0.15, 0.2) is 24.3 Å². The fourth-order valence-electron chi connectivity index (χ4n) is 2.07. The lowest BCUT2D eigenvalue weighted by molar-refractivity contribution is 0.111. The number of carbonyl (C=O) groups is 1. The third-order valence-corrected chi connectivity index (χ3v) is 3.73. The third-order valence-electron chi connectivity index (χ3n) is 3.73. The zero-order valence-corrected chi connectivity index (χ0v) is 13.4. The molecule has 1 atom stereocenters. The number of aliphatic hydroxyl groups is 1. The van der Waals surface area contributed by atoms with E-state index < -0.39 is 6.10 Å². The molecule has 0 aromatic heterocycles. The molecule has 2 rings (SSSR count). The molecule has 1 aliphatic rings. The first-order valence-corrected chi connectivity index (χ1v) is 7.91. The largest absolute Gasteiger partial charge is 0.393 e. The van der Waals surface area contributed by atoms with Gasteiger partial charge in [0.2, 0.25) is 0 Å². The molecule has 1 aromatic rings. The minimum atomic E-state index is -0.401. The van der Waals surface area contributed by atoms with Crippen LogP contribution >= 0.6 is 0 Å². The number of carbonyl (C=O) groups excluding carboxylic acids is 1. The molecule has 2 N–H and O–H groups in total. The molecule has 22 heavy (non-hydrogen) atoms. The molecule has 0 aliphatic heterocycles. The Labute approximate surface area is 132 Å². The Morgan fingerprint density at radius 1 is 1.50 bits per heavy atom. The molecule has 0 spiro atoms. The van der Waals surface area contributed by atoms with Gasteiger partial charge in [-0.1, -0.05) is 12.1 Å². The molecular formula is C17H26N2O3. The van der Waals surface area contributed by atoms with Gasteiger partial charge in [-0.15, -0.1) is 0 Å². The van der Waals surface area contributed by atoms with Crippen LogP contribution < -0.4 is 5.32 Å². The monoisotopic (exact) mass is 306 g/mol. The maximum Gasteiger partial charge on any atom is 0.321 e. The Hall–Kier alpha value is -1.59. The van der Waals surface area contributed by atoms with Crippen molar-refractivity contribution in [2.45, 2.75) is 38.9 Å². The summed E-state index contributed by atoms with van der Waals surface area (Å²) in [5.74, 6) is 0.755. The van der Waals surface area contributed by atoms with Crippen molar-refractivity contribution in [3.05, 3.63) is 29.8 Å². The Balaban J connectivity index is 1.79. The van der Waals surface area contributed by atoms with Crippen LogP contribution in [0.4, 0.5) is 10.5 Å². The van der Waals surface area contributed by atoms with Crippen LogP contribution in [0.25, 0.3) is 0 Å². The molecule has 1 unspecified atom stereocenters. The van der Waals surface area contributed by atoms with Gasteiger partial charge in [0, 0.05) is 25.9 Å². The normalized spacial score (nSPS) is 15.4. The standard InChI is InChI=1S/C17H26N2O3/c1-13(20)8-9-19(2)17(21)18-16-5-3-4-15(10-16)12-22-11-14-6-7-14/h3-5,10,13-14,20H,6-9,11-12H2,1-2H3,(H,18,21). The highest BCUT2D eigenvalue weighted by atomic mass is 16.5. The fourth-order valence-corrected chi connectivity index (χ4v) is 2.07. The highest BCUT2D eigenvalue weighted by Crippen LogP contribution is 2.29. The van der Waals surface area contributed by atoms with Crippen molar-refractivity contribution >= 4 is 11.7 Å². The molecule has 0 bridgehead atoms. The summed E-state index contributed by atoms with van der Waals surface area (Å²) >= 11 is 0. The van der Waals surface area contributed by atoms with E-state index in [9.17, 15) is 9.90 Å². The second-order valence-electron chi connectivity index (χ2n) is 6.15. The minimum absolute atomic E-state index is 0.170. The molecule has 0 radical (unpaired) electrons. The summed E-state index contributed by atoms with van der Waals surface area (Å²) in [5, 5.41) is 12.1. The van der Waals surface area contributed by atoms with Gasteiger partial charge in [0.25, 0.3) is 0 Å². The average Bonchev–Trinajstić information content (AvgIpc) is 3.29. The number of hydrogen-bond donors (Lipinski definition) is 2. The van der Waals surface area contributed by atoms with Gasteiger partial charge in [0.15, 0.2) is 0 Å². The van der Waals surface area contributed by atoms with Gasteiger partial charge < -0.3 is 20.1 Å². The maximum absolute atomic E-state index is 12.0. The summed E-state index contributed by atoms with van der Waals surface area (Å²) in [4.78, 5) is 13.6. The number of amides is 2. The molecule has 2 amide bonds. The molecule has 1 fully saturated rings. The Bertz CT molecular complexity index is 487. The first-order valence-electron chi connectivity index (χ1n) is 7.91. The summed E-state index contributed by atoms with van der Waals surface area (Å²) in [5.41, 5.74) is 1.83. The number of benzene rings is 1. The van der Waals surface area contributed by atoms with Crippen LogP contribution in [0, 0.1) is 5.92 Å². The van der Waals surface area contributed by atoms with Gasteiger partial charge in [-0.3, -0.25) is 0 Å². The van der Waals surface area contributed by atoms with Gasteiger partial charge in [-0.25, -0.2) is 4.79 Å². The number of ether oxygens (including phenoxy) is 1. The number of nitrogens with zero attached hydrogens (tertiary/aromatic N) is 1. The molecular weight excluding hydrogens is 280 g/mol. The van der Waals surface area contributed by atoms with Gasteiger partial charge in [0.05, 0.1) is 12.7 Å². The lowest BCUT2D eigenvalue weighted by Crippen LogP contribution is -2.33. The summed E-state index contributed by atoms with van der Waals surface area (Å²) < 4.78 is 5.67. The van der Waals surface area contributed by atoms with Gasteiger partial charge in [-0.2, -0.15) is 0 Å². The zero-order valence-electron chi connectivity index (χ0n) is 13.4. The molecule has 5 heteroatoms. The predicted molar refractivity (Wildman–Crippen MR) is 86.8 cm³/mol. The summed E-state index contributed by atoms with van der Waals surface area (Å²) in [6.07, 6.45) is 2.74. The number of nitrogens with one attached hydrogen (secondary N) is 1. The van der Waals surface area contributed by atoms with Crippen molar-refractivity contribution in [1.82, 2.24) is 4.90 Å². The predicted octanol–water partition coefficient (Wildman–Crippen LogP) is 2.85. The van der Waals surface area contributed by atoms with E-state index in [2.05, 4.69) is 5.32 Å². The highest BCUT2D eigenvalue weighted by molar-refractivity contribution is 5.89. The van der Waals surface area contributed by atoms with Crippen LogP contribution in [0.3, 0.4) is 0 Å². The van der Waals surface area contributed by atoms with E-state index in [4.69, 9.17) is 4.74 Å². The number of urea groups is 1. The van der Waals surface area contributed by atoms with Crippen molar-refractivity contribution in [2.75, 3.05) is 25.5 Å². The van der Waals surface area contributed by atoms with E-state index in [0.717, 1.165) is 23.8 Å². The lowest BCUT2D eigenvalue weighted by atomic mass is 10.2. The van der Waals surface area contributed by atoms with Gasteiger partial charge in [-0.05, 0) is 49.8 Å². The van der Waals surface area contributed by atoms with E-state index in [1.165, 1.54) is 12.8 Å². The summed E-state index contributed by atoms with van der Waals surface area (Å²) in [7, 11) is 1.72. The Morgan fingerprint density at radius 3 is 2.95 bits per heavy atom. The van der Waals surface area contributed by atoms with Gasteiger partial charge >= 0.3 is 6.03 Å². The van der Waals surface area contributed by atoms with E-state index in [-0.39, 0.29) is 6.03 Å². The number of aliphatic hydroxyl groups excluding tert-OH is 1. The van der Waals surface area contributed by atoms with E-state index >= 15 is 0 Å². The quantitative estimate of drug-likeness (QED) is 0.776. The molecule has 0 saturated heterocycles. The fraction of sp³-hybridized carbons (Fsp3) is 0.588. The van der Waals surface area contributed by atoms with Crippen molar-refractivity contribution in [3.63, 3.8) is 0 Å². The maximum atomic E-state index is 12.0. The molecule has 1 aromatic carbocycles. The Kier molecular flexibility index (Phi) is 6.21. The molecule has 5 nitrogen and oxygen atoms in total. The second-order valence-corrected chi connectivity index (χ2v) is 6.15. The van der Waals surface area contributed by atoms with Crippen molar-refractivity contribution in [2.24, 2.45) is 5.92 Å². The van der Waals surface area contributed by atoms with Crippen LogP contribution in [0.1, 0.15) is 31.7 Å². The van der Waals surface area contributed by atoms with E-state index in [0.29, 0.717) is 19.6 Å². The van der Waals surface area contributed by atoms with Crippen LogP contribution in [-0.2, 0) is 11.3 Å². The lowest BCUT2D eigenvalue weighted by Gasteiger charge is -2.19. The first-order chi connectivity index (χ1) is 10.5. The third kappa shape index (κ3) is 6.03. The topological polar surface area (TPSA) is 61.8 Å². The molecule has 0 heterocycles. The average molecular weight is 306 g/mol. The Morgan fingerprint density at radius 2 is 2.27 bits per heavy atom.